The number of nitrogens with zero attached hydrogens (tertiary/aromatic N) is 2. The van der Waals surface area contributed by atoms with Crippen LogP contribution >= 0.6 is 0 Å². The Morgan fingerprint density at radius 1 is 1.26 bits per heavy atom. The SMILES string of the molecule is COc1ccc2c(c1)CC[C@@H](c1nc3cccc([N+](=O)[O-])c3[nH]c1=O)C2=O. The van der Waals surface area contributed by atoms with Crippen LogP contribution in [0.15, 0.2) is 41.2 Å². The number of aromatic amines is 1. The number of hydrogen-bond acceptors (Lipinski definition) is 6. The topological polar surface area (TPSA) is 115 Å². The first-order valence-electron chi connectivity index (χ1n) is 8.38. The Bertz CT molecular complexity index is 1150. The number of nitro benzene ring substituents is 1. The first-order valence-corrected chi connectivity index (χ1v) is 8.38. The Balaban J connectivity index is 1.81. The zero-order valence-electron chi connectivity index (χ0n) is 14.4. The fourth-order valence-electron chi connectivity index (χ4n) is 3.52. The summed E-state index contributed by atoms with van der Waals surface area (Å²) in [5.74, 6) is -0.186. The number of hydrogen-bond donors (Lipinski definition) is 1. The number of aromatic nitrogens is 2. The summed E-state index contributed by atoms with van der Waals surface area (Å²) in [4.78, 5) is 42.9. The molecule has 27 heavy (non-hydrogen) atoms. The van der Waals surface area contributed by atoms with Gasteiger partial charge in [0.25, 0.3) is 11.2 Å². The quantitative estimate of drug-likeness (QED) is 0.564. The van der Waals surface area contributed by atoms with Gasteiger partial charge in [0.1, 0.15) is 17.0 Å². The van der Waals surface area contributed by atoms with Gasteiger partial charge in [-0.3, -0.25) is 19.7 Å². The van der Waals surface area contributed by atoms with E-state index in [0.29, 0.717) is 24.2 Å². The van der Waals surface area contributed by atoms with Crippen LogP contribution in [0.1, 0.15) is 34.0 Å². The van der Waals surface area contributed by atoms with Crippen LogP contribution in [0, 0.1) is 10.1 Å². The van der Waals surface area contributed by atoms with Crippen LogP contribution < -0.4 is 10.3 Å². The number of nitro groups is 1. The molecule has 0 bridgehead atoms. The van der Waals surface area contributed by atoms with Crippen molar-refractivity contribution in [1.29, 1.82) is 0 Å². The number of ketones is 1. The van der Waals surface area contributed by atoms with Gasteiger partial charge in [-0.05, 0) is 42.7 Å². The van der Waals surface area contributed by atoms with E-state index in [2.05, 4.69) is 9.97 Å². The van der Waals surface area contributed by atoms with Crippen molar-refractivity contribution in [3.8, 4) is 5.75 Å². The number of aryl methyl sites for hydroxylation is 1. The zero-order chi connectivity index (χ0) is 19.1. The molecule has 1 heterocycles. The highest BCUT2D eigenvalue weighted by Crippen LogP contribution is 2.33. The fourth-order valence-corrected chi connectivity index (χ4v) is 3.52. The van der Waals surface area contributed by atoms with Crippen molar-refractivity contribution in [2.45, 2.75) is 18.8 Å². The molecule has 4 rings (SSSR count). The van der Waals surface area contributed by atoms with E-state index < -0.39 is 16.4 Å². The molecule has 0 amide bonds. The molecule has 0 spiro atoms. The molecule has 1 aliphatic rings. The van der Waals surface area contributed by atoms with E-state index in [4.69, 9.17) is 4.74 Å². The number of fused-ring (bicyclic) bond motifs is 2. The normalized spacial score (nSPS) is 16.2. The number of non-ortho nitro benzene ring substituents is 1. The van der Waals surface area contributed by atoms with Crippen LogP contribution in [-0.2, 0) is 6.42 Å². The van der Waals surface area contributed by atoms with E-state index in [-0.39, 0.29) is 28.2 Å². The summed E-state index contributed by atoms with van der Waals surface area (Å²) in [5.41, 5.74) is 1.06. The van der Waals surface area contributed by atoms with Gasteiger partial charge in [0.05, 0.1) is 23.5 Å². The van der Waals surface area contributed by atoms with E-state index in [1.165, 1.54) is 12.1 Å². The maximum Gasteiger partial charge on any atom is 0.295 e. The molecular formula is C19H15N3O5. The Hall–Kier alpha value is -3.55. The average molecular weight is 365 g/mol. The summed E-state index contributed by atoms with van der Waals surface area (Å²) in [6, 6.07) is 9.61. The monoisotopic (exact) mass is 365 g/mol. The lowest BCUT2D eigenvalue weighted by molar-refractivity contribution is -0.383. The zero-order valence-corrected chi connectivity index (χ0v) is 14.4. The lowest BCUT2D eigenvalue weighted by Gasteiger charge is -2.23. The van der Waals surface area contributed by atoms with Gasteiger partial charge in [-0.15, -0.1) is 0 Å². The van der Waals surface area contributed by atoms with E-state index in [1.807, 2.05) is 6.07 Å². The molecule has 8 heteroatoms. The molecule has 2 aromatic carbocycles. The minimum atomic E-state index is -0.682. The minimum absolute atomic E-state index is 0.0599. The Kier molecular flexibility index (Phi) is 3.95. The van der Waals surface area contributed by atoms with Gasteiger partial charge in [-0.1, -0.05) is 6.07 Å². The van der Waals surface area contributed by atoms with E-state index in [9.17, 15) is 19.7 Å². The molecule has 0 saturated carbocycles. The number of methoxy groups -OCH3 is 1. The molecular weight excluding hydrogens is 350 g/mol. The third-order valence-electron chi connectivity index (χ3n) is 4.86. The first-order chi connectivity index (χ1) is 13.0. The predicted molar refractivity (Wildman–Crippen MR) is 97.4 cm³/mol. The molecule has 0 unspecified atom stereocenters. The molecule has 0 fully saturated rings. The maximum absolute atomic E-state index is 12.9. The van der Waals surface area contributed by atoms with E-state index in [1.54, 1.807) is 25.3 Å². The molecule has 3 aromatic rings. The highest BCUT2D eigenvalue weighted by Gasteiger charge is 2.32. The van der Waals surface area contributed by atoms with Crippen molar-refractivity contribution >= 4 is 22.5 Å². The number of nitrogens with one attached hydrogen (secondary N) is 1. The molecule has 0 radical (unpaired) electrons. The number of carbonyl (C=O) groups is 1. The molecule has 8 nitrogen and oxygen atoms in total. The van der Waals surface area contributed by atoms with Gasteiger partial charge in [0, 0.05) is 11.6 Å². The standard InChI is InChI=1S/C19H15N3O5/c1-27-11-6-8-12-10(9-11)5-7-13(18(12)23)16-19(24)21-17-14(20-16)3-2-4-15(17)22(25)26/h2-4,6,8-9,13H,5,7H2,1H3,(H,21,24)/t13-/m0/s1. The molecule has 1 aliphatic carbocycles. The van der Waals surface area contributed by atoms with Gasteiger partial charge < -0.3 is 9.72 Å². The fraction of sp³-hybridized carbons (Fsp3) is 0.211. The summed E-state index contributed by atoms with van der Waals surface area (Å²) in [5, 5.41) is 11.1. The second kappa shape index (κ2) is 6.31. The molecule has 136 valence electrons. The number of para-hydroxylation sites is 1. The second-order valence-electron chi connectivity index (χ2n) is 6.36. The van der Waals surface area contributed by atoms with Crippen molar-refractivity contribution in [3.05, 3.63) is 73.7 Å². The third kappa shape index (κ3) is 2.75. The minimum Gasteiger partial charge on any atom is -0.497 e. The number of ether oxygens (including phenoxy) is 1. The predicted octanol–water partition coefficient (Wildman–Crippen LogP) is 2.75. The summed E-state index contributed by atoms with van der Waals surface area (Å²) in [7, 11) is 1.56. The van der Waals surface area contributed by atoms with Gasteiger partial charge >= 0.3 is 0 Å². The second-order valence-corrected chi connectivity index (χ2v) is 6.36. The van der Waals surface area contributed by atoms with Crippen molar-refractivity contribution in [2.75, 3.05) is 7.11 Å². The smallest absolute Gasteiger partial charge is 0.295 e. The summed E-state index contributed by atoms with van der Waals surface area (Å²) < 4.78 is 5.19. The van der Waals surface area contributed by atoms with Crippen LogP contribution in [0.4, 0.5) is 5.69 Å². The Morgan fingerprint density at radius 2 is 2.07 bits per heavy atom. The van der Waals surface area contributed by atoms with Crippen LogP contribution in [0.3, 0.4) is 0 Å². The highest BCUT2D eigenvalue weighted by atomic mass is 16.6. The van der Waals surface area contributed by atoms with Gasteiger partial charge in [-0.2, -0.15) is 0 Å². The van der Waals surface area contributed by atoms with Gasteiger partial charge in [0.15, 0.2) is 5.78 Å². The average Bonchev–Trinajstić information content (AvgIpc) is 2.67. The van der Waals surface area contributed by atoms with Crippen LogP contribution in [-0.4, -0.2) is 27.8 Å². The third-order valence-corrected chi connectivity index (χ3v) is 4.86. The van der Waals surface area contributed by atoms with Crippen molar-refractivity contribution in [1.82, 2.24) is 9.97 Å². The number of rotatable bonds is 3. The highest BCUT2D eigenvalue weighted by molar-refractivity contribution is 6.03. The number of carbonyl (C=O) groups excluding carboxylic acids is 1. The summed E-state index contributed by atoms with van der Waals surface area (Å²) in [6.07, 6.45) is 1.05. The van der Waals surface area contributed by atoms with Gasteiger partial charge in [-0.25, -0.2) is 4.98 Å². The number of H-pyrrole nitrogens is 1. The summed E-state index contributed by atoms with van der Waals surface area (Å²) >= 11 is 0. The summed E-state index contributed by atoms with van der Waals surface area (Å²) in [6.45, 7) is 0. The van der Waals surface area contributed by atoms with Crippen molar-refractivity contribution < 1.29 is 14.5 Å². The lowest BCUT2D eigenvalue weighted by atomic mass is 9.81. The molecule has 0 aliphatic heterocycles. The van der Waals surface area contributed by atoms with Crippen LogP contribution in [0.2, 0.25) is 0 Å². The number of benzene rings is 2. The van der Waals surface area contributed by atoms with Crippen molar-refractivity contribution in [2.24, 2.45) is 0 Å². The van der Waals surface area contributed by atoms with Crippen molar-refractivity contribution in [3.63, 3.8) is 0 Å². The molecule has 1 aromatic heterocycles. The maximum atomic E-state index is 12.9. The van der Waals surface area contributed by atoms with E-state index >= 15 is 0 Å². The number of Topliss-reactive ketones (excluding diaryl/α,β-unsaturated/α-hetero) is 1. The molecule has 1 N–H and O–H groups in total. The lowest BCUT2D eigenvalue weighted by Crippen LogP contribution is -2.28. The van der Waals surface area contributed by atoms with Crippen LogP contribution in [0.5, 0.6) is 5.75 Å². The van der Waals surface area contributed by atoms with Crippen LogP contribution in [0.25, 0.3) is 11.0 Å². The molecule has 0 saturated heterocycles. The largest absolute Gasteiger partial charge is 0.497 e. The van der Waals surface area contributed by atoms with E-state index in [0.717, 1.165) is 5.56 Å². The first kappa shape index (κ1) is 16.9. The Morgan fingerprint density at radius 3 is 2.81 bits per heavy atom. The van der Waals surface area contributed by atoms with Gasteiger partial charge in [0.2, 0.25) is 0 Å². The Labute approximate surface area is 153 Å². The molecule has 1 atom stereocenters.